The van der Waals surface area contributed by atoms with Crippen molar-refractivity contribution in [1.29, 1.82) is 0 Å². The molecule has 1 saturated carbocycles. The van der Waals surface area contributed by atoms with Crippen molar-refractivity contribution in [2.45, 2.75) is 51.5 Å². The van der Waals surface area contributed by atoms with Crippen LogP contribution in [0.15, 0.2) is 36.4 Å². The highest BCUT2D eigenvalue weighted by atomic mass is 32.2. The van der Waals surface area contributed by atoms with Gasteiger partial charge in [-0.25, -0.2) is 17.2 Å². The van der Waals surface area contributed by atoms with E-state index in [0.29, 0.717) is 47.6 Å². The van der Waals surface area contributed by atoms with Crippen LogP contribution in [0, 0.1) is 5.41 Å². The van der Waals surface area contributed by atoms with Gasteiger partial charge in [0, 0.05) is 38.8 Å². The van der Waals surface area contributed by atoms with Gasteiger partial charge in [0.1, 0.15) is 0 Å². The van der Waals surface area contributed by atoms with Crippen molar-refractivity contribution in [3.63, 3.8) is 0 Å². The fraction of sp³-hybridized carbons (Fsp3) is 0.536. The van der Waals surface area contributed by atoms with Crippen LogP contribution in [0.5, 0.6) is 0 Å². The Bertz CT molecular complexity index is 1330. The zero-order chi connectivity index (χ0) is 27.8. The van der Waals surface area contributed by atoms with E-state index in [9.17, 15) is 22.0 Å². The minimum atomic E-state index is -3.72. The smallest absolute Gasteiger partial charge is 0.257 e. The Kier molecular flexibility index (Phi) is 7.60. The third-order valence-electron chi connectivity index (χ3n) is 8.09. The number of aliphatic hydroxyl groups is 1. The molecule has 0 radical (unpaired) electrons. The molecule has 39 heavy (non-hydrogen) atoms. The number of fused-ring (bicyclic) bond motifs is 1. The summed E-state index contributed by atoms with van der Waals surface area (Å²) in [5.41, 5.74) is 4.40. The summed E-state index contributed by atoms with van der Waals surface area (Å²) < 4.78 is 54.2. The Morgan fingerprint density at radius 2 is 1.85 bits per heavy atom. The molecule has 2 fully saturated rings. The number of carbonyl (C=O) groups is 1. The lowest BCUT2D eigenvalue weighted by Crippen LogP contribution is -2.38. The topological polar surface area (TPSA) is 102 Å². The van der Waals surface area contributed by atoms with Gasteiger partial charge in [-0.15, -0.1) is 0 Å². The number of anilines is 3. The summed E-state index contributed by atoms with van der Waals surface area (Å²) in [6.45, 7) is 2.57. The number of rotatable bonds is 9. The number of nitrogens with zero attached hydrogens (tertiary/aromatic N) is 2. The van der Waals surface area contributed by atoms with Gasteiger partial charge in [0.05, 0.1) is 35.8 Å². The van der Waals surface area contributed by atoms with Crippen molar-refractivity contribution in [2.24, 2.45) is 5.41 Å². The minimum absolute atomic E-state index is 0.308. The summed E-state index contributed by atoms with van der Waals surface area (Å²) in [5.74, 6) is -3.49. The van der Waals surface area contributed by atoms with Crippen LogP contribution in [-0.2, 0) is 23.0 Å². The van der Waals surface area contributed by atoms with E-state index in [1.165, 1.54) is 12.8 Å². The molecule has 1 spiro atoms. The summed E-state index contributed by atoms with van der Waals surface area (Å²) in [5, 5.41) is 12.1. The molecule has 1 amide bonds. The maximum absolute atomic E-state index is 13.6. The normalized spacial score (nSPS) is 19.0. The van der Waals surface area contributed by atoms with Crippen molar-refractivity contribution >= 4 is 33.0 Å². The fourth-order valence-electron chi connectivity index (χ4n) is 5.80. The Labute approximate surface area is 228 Å². The van der Waals surface area contributed by atoms with E-state index in [-0.39, 0.29) is 12.5 Å². The number of sulfonamides is 1. The van der Waals surface area contributed by atoms with Gasteiger partial charge in [-0.2, -0.15) is 0 Å². The molecule has 1 aliphatic carbocycles. The van der Waals surface area contributed by atoms with Crippen LogP contribution in [0.1, 0.15) is 54.1 Å². The van der Waals surface area contributed by atoms with E-state index in [0.717, 1.165) is 44.0 Å². The molecule has 11 heteroatoms. The van der Waals surface area contributed by atoms with E-state index < -0.39 is 28.3 Å². The highest BCUT2D eigenvalue weighted by molar-refractivity contribution is 7.92. The highest BCUT2D eigenvalue weighted by Gasteiger charge is 2.44. The Hall–Kier alpha value is -2.76. The monoisotopic (exact) mass is 562 g/mol. The van der Waals surface area contributed by atoms with Gasteiger partial charge < -0.3 is 15.3 Å². The number of hydrogen-bond acceptors (Lipinski definition) is 6. The summed E-state index contributed by atoms with van der Waals surface area (Å²) in [6.07, 6.45) is 5.10. The first-order chi connectivity index (χ1) is 18.5. The molecule has 1 saturated heterocycles. The van der Waals surface area contributed by atoms with E-state index in [2.05, 4.69) is 14.9 Å². The Morgan fingerprint density at radius 1 is 1.10 bits per heavy atom. The number of hydrogen-bond donors (Lipinski definition) is 3. The third-order valence-corrected chi connectivity index (χ3v) is 9.36. The van der Waals surface area contributed by atoms with Gasteiger partial charge in [0.25, 0.3) is 11.8 Å². The van der Waals surface area contributed by atoms with Crippen LogP contribution in [-0.4, -0.2) is 68.8 Å². The summed E-state index contributed by atoms with van der Waals surface area (Å²) in [4.78, 5) is 17.5. The molecule has 212 valence electrons. The highest BCUT2D eigenvalue weighted by Crippen LogP contribution is 2.54. The number of benzene rings is 2. The Morgan fingerprint density at radius 3 is 2.51 bits per heavy atom. The molecular formula is C28H36F2N4O4S. The number of aliphatic hydroxyl groups excluding tert-OH is 1. The molecule has 2 aromatic rings. The second kappa shape index (κ2) is 10.7. The standard InChI is InChI=1S/C28H36F2N4O4S/c1-27(29,30)19-33-12-7-22-20(18-33)3-2-4-24(22)31-26(36)23-6-5-21(32-39(37,38)16-15-35)17-25(23)34-13-10-28(8-9-28)11-14-34/h2-6,17,32,35H,7-16,18-19H2,1H3,(H,31,36). The van der Waals surface area contributed by atoms with Crippen molar-refractivity contribution in [2.75, 3.05) is 53.5 Å². The summed E-state index contributed by atoms with van der Waals surface area (Å²) in [7, 11) is -3.72. The molecular weight excluding hydrogens is 526 g/mol. The number of carbonyl (C=O) groups excluding carboxylic acids is 1. The molecule has 0 aromatic heterocycles. The van der Waals surface area contributed by atoms with Gasteiger partial charge in [-0.05, 0) is 72.9 Å². The Balaban J connectivity index is 1.39. The van der Waals surface area contributed by atoms with Crippen LogP contribution in [0.4, 0.5) is 25.8 Å². The van der Waals surface area contributed by atoms with Gasteiger partial charge in [0.15, 0.2) is 0 Å². The average Bonchev–Trinajstić information content (AvgIpc) is 3.61. The summed E-state index contributed by atoms with van der Waals surface area (Å²) >= 11 is 0. The molecule has 2 aromatic carbocycles. The fourth-order valence-corrected chi connectivity index (χ4v) is 6.63. The first-order valence-electron chi connectivity index (χ1n) is 13.5. The van der Waals surface area contributed by atoms with Gasteiger partial charge in [-0.1, -0.05) is 12.1 Å². The van der Waals surface area contributed by atoms with Gasteiger partial charge in [-0.3, -0.25) is 14.4 Å². The van der Waals surface area contributed by atoms with Crippen LogP contribution in [0.3, 0.4) is 0 Å². The zero-order valence-electron chi connectivity index (χ0n) is 22.2. The van der Waals surface area contributed by atoms with E-state index >= 15 is 0 Å². The van der Waals surface area contributed by atoms with Crippen molar-refractivity contribution in [3.05, 3.63) is 53.1 Å². The lowest BCUT2D eigenvalue weighted by Gasteiger charge is -2.35. The second-order valence-corrected chi connectivity index (χ2v) is 13.1. The van der Waals surface area contributed by atoms with E-state index in [1.807, 2.05) is 18.2 Å². The third kappa shape index (κ3) is 6.70. The number of halogens is 2. The molecule has 5 rings (SSSR count). The second-order valence-electron chi connectivity index (χ2n) is 11.3. The largest absolute Gasteiger partial charge is 0.395 e. The first-order valence-corrected chi connectivity index (χ1v) is 15.1. The average molecular weight is 563 g/mol. The maximum Gasteiger partial charge on any atom is 0.257 e. The van der Waals surface area contributed by atoms with Crippen molar-refractivity contribution in [1.82, 2.24) is 4.90 Å². The predicted molar refractivity (Wildman–Crippen MR) is 148 cm³/mol. The van der Waals surface area contributed by atoms with Gasteiger partial charge in [0.2, 0.25) is 10.0 Å². The zero-order valence-corrected chi connectivity index (χ0v) is 23.0. The van der Waals surface area contributed by atoms with Crippen LogP contribution in [0.25, 0.3) is 0 Å². The van der Waals surface area contributed by atoms with E-state index in [4.69, 9.17) is 5.11 Å². The molecule has 2 aliphatic heterocycles. The SMILES string of the molecule is CC(F)(F)CN1CCc2c(cccc2NC(=O)c2ccc(NS(=O)(=O)CCO)cc2N2CCC3(CC2)CC3)C1. The maximum atomic E-state index is 13.6. The van der Waals surface area contributed by atoms with E-state index in [1.54, 1.807) is 23.1 Å². The number of piperidine rings is 1. The lowest BCUT2D eigenvalue weighted by molar-refractivity contribution is -0.0178. The minimum Gasteiger partial charge on any atom is -0.395 e. The number of nitrogens with one attached hydrogen (secondary N) is 2. The summed E-state index contributed by atoms with van der Waals surface area (Å²) in [6, 6.07) is 10.4. The van der Waals surface area contributed by atoms with Crippen LogP contribution < -0.4 is 14.9 Å². The van der Waals surface area contributed by atoms with Crippen LogP contribution in [0.2, 0.25) is 0 Å². The first kappa shape index (κ1) is 27.8. The van der Waals surface area contributed by atoms with Crippen molar-refractivity contribution < 1.29 is 27.1 Å². The molecule has 8 nitrogen and oxygen atoms in total. The molecule has 0 bridgehead atoms. The quantitative estimate of drug-likeness (QED) is 0.426. The molecule has 0 unspecified atom stereocenters. The van der Waals surface area contributed by atoms with Crippen molar-refractivity contribution in [3.8, 4) is 0 Å². The molecule has 3 N–H and O–H groups in total. The van der Waals surface area contributed by atoms with Gasteiger partial charge >= 0.3 is 0 Å². The lowest BCUT2D eigenvalue weighted by atomic mass is 9.93. The van der Waals surface area contributed by atoms with Crippen LogP contribution >= 0.6 is 0 Å². The predicted octanol–water partition coefficient (Wildman–Crippen LogP) is 4.07. The molecule has 3 aliphatic rings. The molecule has 0 atom stereocenters. The number of alkyl halides is 2. The molecule has 2 heterocycles. The number of amides is 1.